The number of hydrogen-bond acceptors (Lipinski definition) is 5. The quantitative estimate of drug-likeness (QED) is 0.671. The lowest BCUT2D eigenvalue weighted by atomic mass is 10.0. The number of hydrogen-bond donors (Lipinski definition) is 1. The van der Waals surface area contributed by atoms with Gasteiger partial charge in [0.1, 0.15) is 5.75 Å². The Morgan fingerprint density at radius 2 is 1.96 bits per heavy atom. The van der Waals surface area contributed by atoms with Crippen molar-refractivity contribution in [2.75, 3.05) is 18.5 Å². The van der Waals surface area contributed by atoms with Crippen LogP contribution >= 0.6 is 0 Å². The number of carbonyl (C=O) groups excluding carboxylic acids is 2. The van der Waals surface area contributed by atoms with Gasteiger partial charge in [-0.3, -0.25) is 19.7 Å². The minimum atomic E-state index is -0.863. The van der Waals surface area contributed by atoms with Gasteiger partial charge in [-0.1, -0.05) is 18.2 Å². The second-order valence-electron chi connectivity index (χ2n) is 5.81. The van der Waals surface area contributed by atoms with E-state index in [4.69, 9.17) is 4.74 Å². The van der Waals surface area contributed by atoms with E-state index < -0.39 is 16.9 Å². The third-order valence-electron chi connectivity index (χ3n) is 4.29. The number of benzene rings is 2. The van der Waals surface area contributed by atoms with Crippen LogP contribution in [0.25, 0.3) is 0 Å². The molecule has 1 atom stereocenters. The molecular weight excluding hydrogens is 338 g/mol. The summed E-state index contributed by atoms with van der Waals surface area (Å²) >= 11 is 0. The van der Waals surface area contributed by atoms with E-state index in [0.717, 1.165) is 0 Å². The van der Waals surface area contributed by atoms with Crippen LogP contribution in [0.15, 0.2) is 42.5 Å². The van der Waals surface area contributed by atoms with E-state index >= 15 is 0 Å². The molecule has 134 valence electrons. The first kappa shape index (κ1) is 17.4. The van der Waals surface area contributed by atoms with Gasteiger partial charge in [-0.25, -0.2) is 0 Å². The fourth-order valence-electron chi connectivity index (χ4n) is 2.92. The lowest BCUT2D eigenvalue weighted by Crippen LogP contribution is -2.50. The summed E-state index contributed by atoms with van der Waals surface area (Å²) in [4.78, 5) is 37.2. The fourth-order valence-corrected chi connectivity index (χ4v) is 2.92. The Morgan fingerprint density at radius 3 is 2.65 bits per heavy atom. The molecule has 8 nitrogen and oxygen atoms in total. The van der Waals surface area contributed by atoms with Gasteiger partial charge in [0.15, 0.2) is 6.10 Å². The average molecular weight is 355 g/mol. The molecule has 0 fully saturated rings. The van der Waals surface area contributed by atoms with E-state index in [-0.39, 0.29) is 29.3 Å². The fraction of sp³-hybridized carbons (Fsp3) is 0.222. The number of carbonyl (C=O) groups is 2. The van der Waals surface area contributed by atoms with Crippen LogP contribution < -0.4 is 15.0 Å². The maximum atomic E-state index is 13.1. The highest BCUT2D eigenvalue weighted by atomic mass is 16.6. The topological polar surface area (TPSA) is 102 Å². The second-order valence-corrected chi connectivity index (χ2v) is 5.81. The van der Waals surface area contributed by atoms with E-state index in [1.54, 1.807) is 24.3 Å². The molecular formula is C18H17N3O5. The molecule has 0 radical (unpaired) electrons. The van der Waals surface area contributed by atoms with Crippen LogP contribution in [0, 0.1) is 17.0 Å². The lowest BCUT2D eigenvalue weighted by Gasteiger charge is -2.34. The number of nitro groups is 1. The maximum absolute atomic E-state index is 13.1. The third-order valence-corrected chi connectivity index (χ3v) is 4.29. The van der Waals surface area contributed by atoms with Gasteiger partial charge < -0.3 is 15.0 Å². The Bertz CT molecular complexity index is 896. The Kier molecular flexibility index (Phi) is 4.57. The normalized spacial score (nSPS) is 15.6. The summed E-state index contributed by atoms with van der Waals surface area (Å²) in [6, 6.07) is 11.2. The monoisotopic (exact) mass is 355 g/mol. The van der Waals surface area contributed by atoms with Crippen molar-refractivity contribution in [1.29, 1.82) is 0 Å². The SMILES string of the molecule is CNC(=O)C1CN(C(=O)c2cccc([N+](=O)[O-])c2C)c2ccccc2O1. The summed E-state index contributed by atoms with van der Waals surface area (Å²) < 4.78 is 5.68. The standard InChI is InChI=1S/C18H17N3O5/c1-11-12(6-5-8-13(11)21(24)25)18(23)20-10-16(17(22)19-2)26-15-9-4-3-7-14(15)20/h3-9,16H,10H2,1-2H3,(H,19,22). The molecule has 0 spiro atoms. The molecule has 1 unspecified atom stereocenters. The molecule has 2 aromatic rings. The van der Waals surface area contributed by atoms with Crippen LogP contribution in [-0.2, 0) is 4.79 Å². The van der Waals surface area contributed by atoms with Crippen molar-refractivity contribution < 1.29 is 19.2 Å². The van der Waals surface area contributed by atoms with Crippen LogP contribution in [0.1, 0.15) is 15.9 Å². The van der Waals surface area contributed by atoms with Crippen LogP contribution in [0.2, 0.25) is 0 Å². The number of nitrogens with zero attached hydrogens (tertiary/aromatic N) is 2. The van der Waals surface area contributed by atoms with Crippen molar-refractivity contribution in [1.82, 2.24) is 5.32 Å². The predicted octanol–water partition coefficient (Wildman–Crippen LogP) is 2.06. The summed E-state index contributed by atoms with van der Waals surface area (Å²) in [5.41, 5.74) is 0.887. The Morgan fingerprint density at radius 1 is 1.23 bits per heavy atom. The first-order chi connectivity index (χ1) is 12.4. The number of anilines is 1. The Balaban J connectivity index is 2.05. The molecule has 26 heavy (non-hydrogen) atoms. The summed E-state index contributed by atoms with van der Waals surface area (Å²) in [6.07, 6.45) is -0.863. The molecule has 0 aliphatic carbocycles. The smallest absolute Gasteiger partial charge is 0.273 e. The third kappa shape index (κ3) is 2.97. The van der Waals surface area contributed by atoms with Crippen LogP contribution in [0.3, 0.4) is 0 Å². The molecule has 3 rings (SSSR count). The minimum absolute atomic E-state index is 0.0116. The van der Waals surface area contributed by atoms with Crippen molar-refractivity contribution >= 4 is 23.2 Å². The van der Waals surface area contributed by atoms with Gasteiger partial charge in [0.05, 0.1) is 17.2 Å². The maximum Gasteiger partial charge on any atom is 0.273 e. The summed E-state index contributed by atoms with van der Waals surface area (Å²) in [6.45, 7) is 1.55. The van der Waals surface area contributed by atoms with Gasteiger partial charge in [-0.2, -0.15) is 0 Å². The zero-order valence-electron chi connectivity index (χ0n) is 14.3. The summed E-state index contributed by atoms with van der Waals surface area (Å²) in [5.74, 6) is -0.368. The first-order valence-corrected chi connectivity index (χ1v) is 7.97. The van der Waals surface area contributed by atoms with E-state index in [9.17, 15) is 19.7 Å². The van der Waals surface area contributed by atoms with E-state index in [1.807, 2.05) is 0 Å². The predicted molar refractivity (Wildman–Crippen MR) is 94.4 cm³/mol. The lowest BCUT2D eigenvalue weighted by molar-refractivity contribution is -0.385. The van der Waals surface area contributed by atoms with Gasteiger partial charge in [0, 0.05) is 24.2 Å². The van der Waals surface area contributed by atoms with Crippen molar-refractivity contribution in [2.45, 2.75) is 13.0 Å². The van der Waals surface area contributed by atoms with Gasteiger partial charge in [-0.05, 0) is 25.1 Å². The van der Waals surface area contributed by atoms with Crippen molar-refractivity contribution in [3.05, 3.63) is 63.7 Å². The number of amides is 2. The number of likely N-dealkylation sites (N-methyl/N-ethyl adjacent to an activating group) is 1. The van der Waals surface area contributed by atoms with Gasteiger partial charge >= 0.3 is 0 Å². The average Bonchev–Trinajstić information content (AvgIpc) is 2.65. The van der Waals surface area contributed by atoms with E-state index in [0.29, 0.717) is 11.4 Å². The number of ether oxygens (including phenoxy) is 1. The number of nitro benzene ring substituents is 1. The zero-order valence-corrected chi connectivity index (χ0v) is 14.3. The van der Waals surface area contributed by atoms with Gasteiger partial charge in [0.2, 0.25) is 0 Å². The second kappa shape index (κ2) is 6.83. The Labute approximate surface area is 149 Å². The molecule has 2 aromatic carbocycles. The molecule has 0 bridgehead atoms. The largest absolute Gasteiger partial charge is 0.477 e. The highest BCUT2D eigenvalue weighted by Crippen LogP contribution is 2.35. The van der Waals surface area contributed by atoms with Crippen molar-refractivity contribution in [3.63, 3.8) is 0 Å². The first-order valence-electron chi connectivity index (χ1n) is 7.97. The van der Waals surface area contributed by atoms with Gasteiger partial charge in [-0.15, -0.1) is 0 Å². The highest BCUT2D eigenvalue weighted by Gasteiger charge is 2.34. The number of para-hydroxylation sites is 2. The van der Waals surface area contributed by atoms with Gasteiger partial charge in [0.25, 0.3) is 17.5 Å². The zero-order chi connectivity index (χ0) is 18.8. The molecule has 1 aliphatic rings. The van der Waals surface area contributed by atoms with Crippen LogP contribution in [-0.4, -0.2) is 36.4 Å². The van der Waals surface area contributed by atoms with E-state index in [2.05, 4.69) is 5.32 Å². The summed E-state index contributed by atoms with van der Waals surface area (Å²) in [7, 11) is 1.49. The number of rotatable bonds is 3. The molecule has 2 amide bonds. The minimum Gasteiger partial charge on any atom is -0.477 e. The van der Waals surface area contributed by atoms with Crippen LogP contribution in [0.4, 0.5) is 11.4 Å². The summed E-state index contributed by atoms with van der Waals surface area (Å²) in [5, 5.41) is 13.7. The van der Waals surface area contributed by atoms with Crippen molar-refractivity contribution in [2.24, 2.45) is 0 Å². The molecule has 1 aliphatic heterocycles. The van der Waals surface area contributed by atoms with Crippen LogP contribution in [0.5, 0.6) is 5.75 Å². The Hall–Kier alpha value is -3.42. The van der Waals surface area contributed by atoms with Crippen molar-refractivity contribution in [3.8, 4) is 5.75 Å². The number of fused-ring (bicyclic) bond motifs is 1. The molecule has 1 N–H and O–H groups in total. The molecule has 0 aromatic heterocycles. The highest BCUT2D eigenvalue weighted by molar-refractivity contribution is 6.09. The molecule has 0 saturated carbocycles. The molecule has 0 saturated heterocycles. The number of nitrogens with one attached hydrogen (secondary N) is 1. The van der Waals surface area contributed by atoms with E-state index in [1.165, 1.54) is 37.1 Å². The molecule has 1 heterocycles. The molecule has 8 heteroatoms.